The Kier molecular flexibility index (Phi) is 4.37. The molecule has 1 aromatic heterocycles. The third-order valence-corrected chi connectivity index (χ3v) is 3.22. The third kappa shape index (κ3) is 3.23. The fourth-order valence-electron chi connectivity index (χ4n) is 1.79. The molecule has 0 atom stereocenters. The highest BCUT2D eigenvalue weighted by molar-refractivity contribution is 9.10. The third-order valence-electron chi connectivity index (χ3n) is 2.69. The largest absolute Gasteiger partial charge is 0.439 e. The number of aromatic nitrogens is 2. The van der Waals surface area contributed by atoms with E-state index in [9.17, 15) is 0 Å². The van der Waals surface area contributed by atoms with Crippen molar-refractivity contribution in [1.29, 1.82) is 0 Å². The SMILES string of the molecule is CNc1ncnc(Oc2ccc(Br)cc2)c1C(C)C. The Bertz CT molecular complexity index is 555. The fourth-order valence-corrected chi connectivity index (χ4v) is 2.06. The summed E-state index contributed by atoms with van der Waals surface area (Å²) in [7, 11) is 1.84. The number of benzene rings is 1. The van der Waals surface area contributed by atoms with Gasteiger partial charge in [0, 0.05) is 11.5 Å². The van der Waals surface area contributed by atoms with Crippen molar-refractivity contribution in [1.82, 2.24) is 9.97 Å². The van der Waals surface area contributed by atoms with E-state index in [4.69, 9.17) is 4.74 Å². The molecule has 1 N–H and O–H groups in total. The molecule has 0 saturated heterocycles. The van der Waals surface area contributed by atoms with Gasteiger partial charge in [0.05, 0.1) is 5.56 Å². The zero-order chi connectivity index (χ0) is 13.8. The lowest BCUT2D eigenvalue weighted by Crippen LogP contribution is -2.04. The van der Waals surface area contributed by atoms with Gasteiger partial charge in [0.25, 0.3) is 0 Å². The highest BCUT2D eigenvalue weighted by atomic mass is 79.9. The molecular formula is C14H16BrN3O. The van der Waals surface area contributed by atoms with Crippen molar-refractivity contribution < 1.29 is 4.74 Å². The Labute approximate surface area is 121 Å². The number of nitrogens with zero attached hydrogens (tertiary/aromatic N) is 2. The number of hydrogen-bond donors (Lipinski definition) is 1. The second-order valence-electron chi connectivity index (χ2n) is 4.40. The van der Waals surface area contributed by atoms with Crippen LogP contribution in [0.1, 0.15) is 25.3 Å². The predicted molar refractivity (Wildman–Crippen MR) is 79.9 cm³/mol. The lowest BCUT2D eigenvalue weighted by Gasteiger charge is -2.15. The number of hydrogen-bond acceptors (Lipinski definition) is 4. The molecule has 0 aliphatic carbocycles. The van der Waals surface area contributed by atoms with E-state index in [1.54, 1.807) is 0 Å². The van der Waals surface area contributed by atoms with Crippen LogP contribution in [0.25, 0.3) is 0 Å². The van der Waals surface area contributed by atoms with Crippen LogP contribution in [-0.2, 0) is 0 Å². The molecule has 1 aromatic carbocycles. The second-order valence-corrected chi connectivity index (χ2v) is 5.32. The van der Waals surface area contributed by atoms with Crippen molar-refractivity contribution in [3.05, 3.63) is 40.6 Å². The average Bonchev–Trinajstić information content (AvgIpc) is 2.40. The molecule has 2 rings (SSSR count). The molecule has 4 nitrogen and oxygen atoms in total. The molecule has 0 spiro atoms. The molecule has 0 radical (unpaired) electrons. The monoisotopic (exact) mass is 321 g/mol. The van der Waals surface area contributed by atoms with Gasteiger partial charge in [-0.2, -0.15) is 0 Å². The Balaban J connectivity index is 2.36. The summed E-state index contributed by atoms with van der Waals surface area (Å²) in [6.07, 6.45) is 1.51. The van der Waals surface area contributed by atoms with Gasteiger partial charge in [0.2, 0.25) is 5.88 Å². The summed E-state index contributed by atoms with van der Waals surface area (Å²) >= 11 is 3.40. The van der Waals surface area contributed by atoms with Crippen LogP contribution in [0.15, 0.2) is 35.1 Å². The Hall–Kier alpha value is -1.62. The van der Waals surface area contributed by atoms with E-state index >= 15 is 0 Å². The first kappa shape index (κ1) is 13.8. The van der Waals surface area contributed by atoms with Crippen LogP contribution >= 0.6 is 15.9 Å². The molecule has 0 amide bonds. The van der Waals surface area contributed by atoms with Crippen LogP contribution in [0.4, 0.5) is 5.82 Å². The van der Waals surface area contributed by atoms with Gasteiger partial charge in [0.15, 0.2) is 0 Å². The van der Waals surface area contributed by atoms with Gasteiger partial charge in [-0.25, -0.2) is 9.97 Å². The summed E-state index contributed by atoms with van der Waals surface area (Å²) in [5.41, 5.74) is 0.980. The molecule has 0 aliphatic rings. The Morgan fingerprint density at radius 1 is 1.16 bits per heavy atom. The molecule has 5 heteroatoms. The molecular weight excluding hydrogens is 306 g/mol. The summed E-state index contributed by atoms with van der Waals surface area (Å²) in [6.45, 7) is 4.18. The summed E-state index contributed by atoms with van der Waals surface area (Å²) in [5.74, 6) is 2.42. The van der Waals surface area contributed by atoms with Crippen LogP contribution in [-0.4, -0.2) is 17.0 Å². The van der Waals surface area contributed by atoms with E-state index in [2.05, 4.69) is 45.1 Å². The topological polar surface area (TPSA) is 47.0 Å². The van der Waals surface area contributed by atoms with Gasteiger partial charge in [-0.05, 0) is 30.2 Å². The van der Waals surface area contributed by atoms with Gasteiger partial charge in [-0.3, -0.25) is 0 Å². The average molecular weight is 322 g/mol. The van der Waals surface area contributed by atoms with Crippen molar-refractivity contribution in [2.75, 3.05) is 12.4 Å². The Morgan fingerprint density at radius 3 is 2.42 bits per heavy atom. The highest BCUT2D eigenvalue weighted by Crippen LogP contribution is 2.32. The van der Waals surface area contributed by atoms with E-state index in [0.29, 0.717) is 5.88 Å². The number of nitrogens with one attached hydrogen (secondary N) is 1. The zero-order valence-corrected chi connectivity index (χ0v) is 12.7. The zero-order valence-electron chi connectivity index (χ0n) is 11.1. The molecule has 19 heavy (non-hydrogen) atoms. The summed E-state index contributed by atoms with van der Waals surface area (Å²) in [6, 6.07) is 7.67. The molecule has 2 aromatic rings. The van der Waals surface area contributed by atoms with E-state index in [-0.39, 0.29) is 5.92 Å². The summed E-state index contributed by atoms with van der Waals surface area (Å²) < 4.78 is 6.87. The minimum atomic E-state index is 0.272. The minimum absolute atomic E-state index is 0.272. The number of halogens is 1. The van der Waals surface area contributed by atoms with Crippen molar-refractivity contribution in [2.45, 2.75) is 19.8 Å². The first-order chi connectivity index (χ1) is 9.11. The molecule has 100 valence electrons. The highest BCUT2D eigenvalue weighted by Gasteiger charge is 2.15. The van der Waals surface area contributed by atoms with Crippen molar-refractivity contribution in [2.24, 2.45) is 0 Å². The molecule has 0 aliphatic heterocycles. The molecule has 0 unspecified atom stereocenters. The predicted octanol–water partition coefficient (Wildman–Crippen LogP) is 4.20. The van der Waals surface area contributed by atoms with Gasteiger partial charge < -0.3 is 10.1 Å². The summed E-state index contributed by atoms with van der Waals surface area (Å²) in [4.78, 5) is 8.47. The fraction of sp³-hybridized carbons (Fsp3) is 0.286. The van der Waals surface area contributed by atoms with Gasteiger partial charge in [0.1, 0.15) is 17.9 Å². The Morgan fingerprint density at radius 2 is 1.84 bits per heavy atom. The van der Waals surface area contributed by atoms with Crippen LogP contribution < -0.4 is 10.1 Å². The van der Waals surface area contributed by atoms with Crippen molar-refractivity contribution >= 4 is 21.7 Å². The number of rotatable bonds is 4. The molecule has 0 bridgehead atoms. The van der Waals surface area contributed by atoms with Crippen LogP contribution in [0.3, 0.4) is 0 Å². The summed E-state index contributed by atoms with van der Waals surface area (Å²) in [5, 5.41) is 3.07. The molecule has 0 saturated carbocycles. The minimum Gasteiger partial charge on any atom is -0.439 e. The number of ether oxygens (including phenoxy) is 1. The maximum atomic E-state index is 5.86. The van der Waals surface area contributed by atoms with Crippen molar-refractivity contribution in [3.63, 3.8) is 0 Å². The van der Waals surface area contributed by atoms with Gasteiger partial charge in [-0.15, -0.1) is 0 Å². The van der Waals surface area contributed by atoms with E-state index in [0.717, 1.165) is 21.6 Å². The maximum Gasteiger partial charge on any atom is 0.227 e. The first-order valence-corrected chi connectivity index (χ1v) is 6.87. The van der Waals surface area contributed by atoms with Crippen molar-refractivity contribution in [3.8, 4) is 11.6 Å². The maximum absolute atomic E-state index is 5.86. The van der Waals surface area contributed by atoms with Gasteiger partial charge >= 0.3 is 0 Å². The first-order valence-electron chi connectivity index (χ1n) is 6.08. The normalized spacial score (nSPS) is 10.6. The lowest BCUT2D eigenvalue weighted by molar-refractivity contribution is 0.452. The van der Waals surface area contributed by atoms with Crippen LogP contribution in [0.2, 0.25) is 0 Å². The number of anilines is 1. The van der Waals surface area contributed by atoms with Crippen LogP contribution in [0.5, 0.6) is 11.6 Å². The van der Waals surface area contributed by atoms with E-state index < -0.39 is 0 Å². The van der Waals surface area contributed by atoms with E-state index in [1.807, 2.05) is 31.3 Å². The van der Waals surface area contributed by atoms with Crippen LogP contribution in [0, 0.1) is 0 Å². The van der Waals surface area contributed by atoms with E-state index in [1.165, 1.54) is 6.33 Å². The van der Waals surface area contributed by atoms with Gasteiger partial charge in [-0.1, -0.05) is 29.8 Å². The quantitative estimate of drug-likeness (QED) is 0.916. The standard InChI is InChI=1S/C14H16BrN3O/c1-9(2)12-13(16-3)17-8-18-14(12)19-11-6-4-10(15)5-7-11/h4-9H,1-3H3,(H,16,17,18). The molecule has 0 fully saturated rings. The second kappa shape index (κ2) is 6.02. The smallest absolute Gasteiger partial charge is 0.227 e. The molecule has 1 heterocycles. The lowest BCUT2D eigenvalue weighted by atomic mass is 10.1.